The highest BCUT2D eigenvalue weighted by Gasteiger charge is 2.24. The minimum Gasteiger partial charge on any atom is -0.495 e. The lowest BCUT2D eigenvalue weighted by atomic mass is 9.96. The van der Waals surface area contributed by atoms with Crippen LogP contribution in [0.25, 0.3) is 11.0 Å². The molecular formula is C27H24ClNO4. The molecule has 6 heteroatoms. The smallest absolute Gasteiger partial charge is 0.340 e. The molecule has 0 unspecified atom stereocenters. The molecule has 1 aliphatic rings. The first kappa shape index (κ1) is 21.4. The first-order chi connectivity index (χ1) is 16.0. The van der Waals surface area contributed by atoms with Gasteiger partial charge >= 0.3 is 5.63 Å². The second-order valence-electron chi connectivity index (χ2n) is 8.31. The van der Waals surface area contributed by atoms with Gasteiger partial charge in [0.1, 0.15) is 17.1 Å². The molecular weight excluding hydrogens is 438 g/mol. The Hall–Kier alpha value is -3.44. The molecule has 1 aromatic heterocycles. The molecule has 4 aromatic rings. The number of aryl methyl sites for hydroxylation is 2. The average molecular weight is 462 g/mol. The van der Waals surface area contributed by atoms with Crippen LogP contribution in [0.15, 0.2) is 63.8 Å². The van der Waals surface area contributed by atoms with E-state index in [0.717, 1.165) is 39.1 Å². The van der Waals surface area contributed by atoms with Gasteiger partial charge in [-0.1, -0.05) is 41.9 Å². The molecule has 2 heterocycles. The van der Waals surface area contributed by atoms with Crippen molar-refractivity contribution in [1.82, 2.24) is 0 Å². The monoisotopic (exact) mass is 461 g/mol. The van der Waals surface area contributed by atoms with E-state index in [9.17, 15) is 4.79 Å². The van der Waals surface area contributed by atoms with Crippen molar-refractivity contribution in [3.8, 4) is 11.5 Å². The summed E-state index contributed by atoms with van der Waals surface area (Å²) in [5.41, 5.74) is 5.84. The summed E-state index contributed by atoms with van der Waals surface area (Å²) in [7, 11) is 1.60. The van der Waals surface area contributed by atoms with Crippen LogP contribution in [0.2, 0.25) is 5.02 Å². The lowest BCUT2D eigenvalue weighted by Gasteiger charge is -2.32. The van der Waals surface area contributed by atoms with Crippen molar-refractivity contribution in [1.29, 1.82) is 0 Å². The normalized spacial score (nSPS) is 13.0. The van der Waals surface area contributed by atoms with Crippen molar-refractivity contribution >= 4 is 28.3 Å². The molecule has 0 saturated carbocycles. The van der Waals surface area contributed by atoms with Crippen LogP contribution in [0.4, 0.5) is 5.69 Å². The highest BCUT2D eigenvalue weighted by molar-refractivity contribution is 6.32. The predicted octanol–water partition coefficient (Wildman–Crippen LogP) is 6.02. The molecule has 5 nitrogen and oxygen atoms in total. The minimum atomic E-state index is -0.294. The van der Waals surface area contributed by atoms with Gasteiger partial charge in [-0.05, 0) is 49.2 Å². The van der Waals surface area contributed by atoms with Gasteiger partial charge in [0, 0.05) is 40.7 Å². The zero-order chi connectivity index (χ0) is 23.1. The number of anilines is 1. The van der Waals surface area contributed by atoms with Crippen LogP contribution in [0.3, 0.4) is 0 Å². The van der Waals surface area contributed by atoms with Gasteiger partial charge in [-0.15, -0.1) is 0 Å². The molecule has 0 fully saturated rings. The Balaban J connectivity index is 1.56. The molecule has 3 aromatic carbocycles. The quantitative estimate of drug-likeness (QED) is 0.348. The zero-order valence-electron chi connectivity index (χ0n) is 18.8. The molecule has 0 spiro atoms. The number of hydrogen-bond donors (Lipinski definition) is 0. The largest absolute Gasteiger partial charge is 0.495 e. The van der Waals surface area contributed by atoms with Gasteiger partial charge in [0.15, 0.2) is 6.73 Å². The van der Waals surface area contributed by atoms with E-state index in [0.29, 0.717) is 41.6 Å². The third kappa shape index (κ3) is 3.83. The van der Waals surface area contributed by atoms with E-state index in [1.165, 1.54) is 0 Å². The summed E-state index contributed by atoms with van der Waals surface area (Å²) in [5, 5.41) is 1.49. The fraction of sp³-hybridized carbons (Fsp3) is 0.222. The molecule has 5 rings (SSSR count). The standard InChI is InChI=1S/C27H24ClNO4/c1-16-21-12-19-14-29(20-9-10-24(31-3)23(28)13-20)15-32-25(19)17(2)26(21)33-27(30)22(16)11-18-7-5-4-6-8-18/h4-10,12-13H,11,14-15H2,1-3H3. The van der Waals surface area contributed by atoms with E-state index in [2.05, 4.69) is 11.0 Å². The number of rotatable bonds is 4. The fourth-order valence-electron chi connectivity index (χ4n) is 4.47. The third-order valence-electron chi connectivity index (χ3n) is 6.28. The second-order valence-corrected chi connectivity index (χ2v) is 8.72. The van der Waals surface area contributed by atoms with Gasteiger partial charge in [-0.3, -0.25) is 0 Å². The molecule has 168 valence electrons. The molecule has 0 atom stereocenters. The molecule has 0 aliphatic carbocycles. The topological polar surface area (TPSA) is 51.9 Å². The predicted molar refractivity (Wildman–Crippen MR) is 131 cm³/mol. The highest BCUT2D eigenvalue weighted by Crippen LogP contribution is 2.38. The Labute approximate surface area is 197 Å². The molecule has 0 radical (unpaired) electrons. The van der Waals surface area contributed by atoms with E-state index in [-0.39, 0.29) is 5.63 Å². The van der Waals surface area contributed by atoms with E-state index < -0.39 is 0 Å². The first-order valence-electron chi connectivity index (χ1n) is 10.8. The number of methoxy groups -OCH3 is 1. The molecule has 0 saturated heterocycles. The Morgan fingerprint density at radius 3 is 2.58 bits per heavy atom. The summed E-state index contributed by atoms with van der Waals surface area (Å²) in [6.45, 7) is 4.97. The molecule has 1 aliphatic heterocycles. The number of halogens is 1. The summed E-state index contributed by atoms with van der Waals surface area (Å²) in [6, 6.07) is 17.8. The molecule has 0 bridgehead atoms. The van der Waals surface area contributed by atoms with Crippen molar-refractivity contribution < 1.29 is 13.9 Å². The molecule has 0 amide bonds. The van der Waals surface area contributed by atoms with Gasteiger partial charge in [0.25, 0.3) is 0 Å². The summed E-state index contributed by atoms with van der Waals surface area (Å²) < 4.78 is 17.2. The van der Waals surface area contributed by atoms with Crippen molar-refractivity contribution in [2.75, 3.05) is 18.7 Å². The number of ether oxygens (including phenoxy) is 2. The maximum absolute atomic E-state index is 12.9. The summed E-state index contributed by atoms with van der Waals surface area (Å²) in [4.78, 5) is 15.0. The SMILES string of the molecule is COc1ccc(N2COc3c(cc4c(C)c(Cc5ccccc5)c(=O)oc4c3C)C2)cc1Cl. The Morgan fingerprint density at radius 1 is 1.06 bits per heavy atom. The van der Waals surface area contributed by atoms with Gasteiger partial charge in [-0.25, -0.2) is 4.79 Å². The fourth-order valence-corrected chi connectivity index (χ4v) is 4.72. The summed E-state index contributed by atoms with van der Waals surface area (Å²) in [6.07, 6.45) is 0.536. The van der Waals surface area contributed by atoms with Crippen LogP contribution >= 0.6 is 11.6 Å². The second kappa shape index (κ2) is 8.49. The van der Waals surface area contributed by atoms with Crippen LogP contribution in [0.1, 0.15) is 27.8 Å². The van der Waals surface area contributed by atoms with E-state index in [4.69, 9.17) is 25.5 Å². The highest BCUT2D eigenvalue weighted by atomic mass is 35.5. The number of benzene rings is 3. The van der Waals surface area contributed by atoms with Crippen molar-refractivity contribution in [3.63, 3.8) is 0 Å². The third-order valence-corrected chi connectivity index (χ3v) is 6.58. The molecule has 33 heavy (non-hydrogen) atoms. The van der Waals surface area contributed by atoms with E-state index in [1.807, 2.05) is 62.4 Å². The molecule has 0 N–H and O–H groups in total. The maximum Gasteiger partial charge on any atom is 0.340 e. The summed E-state index contributed by atoms with van der Waals surface area (Å²) >= 11 is 6.34. The van der Waals surface area contributed by atoms with Crippen molar-refractivity contribution in [2.24, 2.45) is 0 Å². The average Bonchev–Trinajstić information content (AvgIpc) is 2.83. The van der Waals surface area contributed by atoms with Gasteiger partial charge in [0.2, 0.25) is 0 Å². The Bertz CT molecular complexity index is 1410. The van der Waals surface area contributed by atoms with Gasteiger partial charge in [0.05, 0.1) is 12.1 Å². The van der Waals surface area contributed by atoms with Crippen LogP contribution in [0, 0.1) is 13.8 Å². The van der Waals surface area contributed by atoms with Crippen LogP contribution in [0.5, 0.6) is 11.5 Å². The number of hydrogen-bond acceptors (Lipinski definition) is 5. The Kier molecular flexibility index (Phi) is 5.51. The first-order valence-corrected chi connectivity index (χ1v) is 11.2. The van der Waals surface area contributed by atoms with Gasteiger partial charge < -0.3 is 18.8 Å². The van der Waals surface area contributed by atoms with E-state index >= 15 is 0 Å². The summed E-state index contributed by atoms with van der Waals surface area (Å²) in [5.74, 6) is 1.41. The van der Waals surface area contributed by atoms with Crippen LogP contribution < -0.4 is 20.0 Å². The number of fused-ring (bicyclic) bond motifs is 2. The van der Waals surface area contributed by atoms with Crippen molar-refractivity contribution in [3.05, 3.63) is 97.9 Å². The van der Waals surface area contributed by atoms with Crippen LogP contribution in [-0.4, -0.2) is 13.8 Å². The van der Waals surface area contributed by atoms with E-state index in [1.54, 1.807) is 7.11 Å². The maximum atomic E-state index is 12.9. The van der Waals surface area contributed by atoms with Gasteiger partial charge in [-0.2, -0.15) is 0 Å². The van der Waals surface area contributed by atoms with Crippen molar-refractivity contribution in [2.45, 2.75) is 26.8 Å². The number of nitrogens with zero attached hydrogens (tertiary/aromatic N) is 1. The lowest BCUT2D eigenvalue weighted by Crippen LogP contribution is -2.32. The zero-order valence-corrected chi connectivity index (χ0v) is 19.5. The van der Waals surface area contributed by atoms with Crippen LogP contribution in [-0.2, 0) is 13.0 Å². The Morgan fingerprint density at radius 2 is 1.85 bits per heavy atom. The minimum absolute atomic E-state index is 0.294. The lowest BCUT2D eigenvalue weighted by molar-refractivity contribution is 0.287.